The quantitative estimate of drug-likeness (QED) is 0.747. The van der Waals surface area contributed by atoms with Crippen molar-refractivity contribution in [3.63, 3.8) is 0 Å². The van der Waals surface area contributed by atoms with Gasteiger partial charge in [0, 0.05) is 18.3 Å². The van der Waals surface area contributed by atoms with Crippen molar-refractivity contribution in [3.8, 4) is 11.5 Å². The van der Waals surface area contributed by atoms with Crippen LogP contribution in [-0.4, -0.2) is 30.2 Å². The zero-order chi connectivity index (χ0) is 18.9. The average molecular weight is 358 g/mol. The summed E-state index contributed by atoms with van der Waals surface area (Å²) >= 11 is 0. The summed E-state index contributed by atoms with van der Waals surface area (Å²) in [6, 6.07) is 10.7. The molecule has 0 fully saturated rings. The number of pyridine rings is 1. The van der Waals surface area contributed by atoms with Crippen molar-refractivity contribution in [3.05, 3.63) is 58.0 Å². The van der Waals surface area contributed by atoms with Crippen LogP contribution in [0.5, 0.6) is 11.5 Å². The lowest BCUT2D eigenvalue weighted by molar-refractivity contribution is -0.121. The molecule has 1 amide bonds. The molecule has 0 unspecified atom stereocenters. The topological polar surface area (TPSA) is 69.6 Å². The van der Waals surface area contributed by atoms with Crippen molar-refractivity contribution in [2.24, 2.45) is 0 Å². The number of benzene rings is 1. The fourth-order valence-electron chi connectivity index (χ4n) is 2.62. The molecule has 1 heterocycles. The minimum Gasteiger partial charge on any atom is -0.490 e. The Labute approximate surface area is 153 Å². The van der Waals surface area contributed by atoms with Crippen LogP contribution in [0.15, 0.2) is 41.2 Å². The van der Waals surface area contributed by atoms with Crippen LogP contribution >= 0.6 is 0 Å². The molecular formula is C20H26N2O4. The third kappa shape index (κ3) is 5.37. The van der Waals surface area contributed by atoms with E-state index in [2.05, 4.69) is 5.32 Å². The molecule has 0 aliphatic carbocycles. The summed E-state index contributed by atoms with van der Waals surface area (Å²) in [4.78, 5) is 23.9. The summed E-state index contributed by atoms with van der Waals surface area (Å²) in [7, 11) is 0. The largest absolute Gasteiger partial charge is 0.490 e. The lowest BCUT2D eigenvalue weighted by atomic mass is 10.1. The summed E-state index contributed by atoms with van der Waals surface area (Å²) in [6.07, 6.45) is 0.668. The second kappa shape index (κ2) is 9.65. The average Bonchev–Trinajstić information content (AvgIpc) is 2.61. The standard InChI is InChI=1S/C20H26N2O4/c1-4-25-17-10-9-16(13-18(17)26-5-2)11-12-21-19(23)14-22-15(3)7-6-8-20(22)24/h6-10,13H,4-5,11-12,14H2,1-3H3,(H,21,23). The van der Waals surface area contributed by atoms with Gasteiger partial charge < -0.3 is 19.4 Å². The van der Waals surface area contributed by atoms with Crippen LogP contribution in [-0.2, 0) is 17.8 Å². The molecule has 2 aromatic rings. The number of nitrogens with one attached hydrogen (secondary N) is 1. The molecule has 2 rings (SSSR count). The van der Waals surface area contributed by atoms with Gasteiger partial charge in [0.2, 0.25) is 5.91 Å². The summed E-state index contributed by atoms with van der Waals surface area (Å²) in [5.41, 5.74) is 1.64. The summed E-state index contributed by atoms with van der Waals surface area (Å²) in [6.45, 7) is 7.32. The molecule has 1 aromatic carbocycles. The van der Waals surface area contributed by atoms with E-state index in [9.17, 15) is 9.59 Å². The predicted molar refractivity (Wildman–Crippen MR) is 101 cm³/mol. The second-order valence-electron chi connectivity index (χ2n) is 5.84. The monoisotopic (exact) mass is 358 g/mol. The van der Waals surface area contributed by atoms with Gasteiger partial charge in [0.25, 0.3) is 5.56 Å². The van der Waals surface area contributed by atoms with Gasteiger partial charge in [-0.25, -0.2) is 0 Å². The first-order valence-corrected chi connectivity index (χ1v) is 8.86. The van der Waals surface area contributed by atoms with Crippen LogP contribution in [0, 0.1) is 6.92 Å². The van der Waals surface area contributed by atoms with Gasteiger partial charge in [0.05, 0.1) is 13.2 Å². The van der Waals surface area contributed by atoms with Gasteiger partial charge in [-0.1, -0.05) is 12.1 Å². The lowest BCUT2D eigenvalue weighted by Gasteiger charge is -2.13. The highest BCUT2D eigenvalue weighted by molar-refractivity contribution is 5.75. The minimum atomic E-state index is -0.183. The number of aryl methyl sites for hydroxylation is 1. The highest BCUT2D eigenvalue weighted by Crippen LogP contribution is 2.28. The zero-order valence-corrected chi connectivity index (χ0v) is 15.6. The molecular weight excluding hydrogens is 332 g/mol. The van der Waals surface area contributed by atoms with Crippen LogP contribution in [0.3, 0.4) is 0 Å². The van der Waals surface area contributed by atoms with E-state index in [1.165, 1.54) is 10.6 Å². The van der Waals surface area contributed by atoms with Crippen molar-refractivity contribution in [1.29, 1.82) is 0 Å². The van der Waals surface area contributed by atoms with Crippen LogP contribution in [0.25, 0.3) is 0 Å². The fraction of sp³-hybridized carbons (Fsp3) is 0.400. The number of ether oxygens (including phenoxy) is 2. The summed E-state index contributed by atoms with van der Waals surface area (Å²) in [5, 5.41) is 2.85. The second-order valence-corrected chi connectivity index (χ2v) is 5.84. The van der Waals surface area contributed by atoms with E-state index >= 15 is 0 Å². The molecule has 0 spiro atoms. The van der Waals surface area contributed by atoms with Gasteiger partial charge in [-0.3, -0.25) is 9.59 Å². The Balaban J connectivity index is 1.91. The number of hydrogen-bond donors (Lipinski definition) is 1. The molecule has 0 saturated carbocycles. The predicted octanol–water partition coefficient (Wildman–Crippen LogP) is 2.31. The number of hydrogen-bond acceptors (Lipinski definition) is 4. The van der Waals surface area contributed by atoms with E-state index in [-0.39, 0.29) is 18.0 Å². The Hall–Kier alpha value is -2.76. The maximum Gasteiger partial charge on any atom is 0.251 e. The van der Waals surface area contributed by atoms with E-state index in [1.807, 2.05) is 45.0 Å². The normalized spacial score (nSPS) is 10.4. The van der Waals surface area contributed by atoms with Gasteiger partial charge in [-0.2, -0.15) is 0 Å². The molecule has 140 valence electrons. The first kappa shape index (κ1) is 19.6. The minimum absolute atomic E-state index is 0.0268. The Kier molecular flexibility index (Phi) is 7.26. The van der Waals surface area contributed by atoms with E-state index < -0.39 is 0 Å². The first-order chi connectivity index (χ1) is 12.5. The van der Waals surface area contributed by atoms with Gasteiger partial charge in [-0.15, -0.1) is 0 Å². The molecule has 6 heteroatoms. The van der Waals surface area contributed by atoms with Gasteiger partial charge >= 0.3 is 0 Å². The van der Waals surface area contributed by atoms with Crippen LogP contribution in [0.1, 0.15) is 25.1 Å². The Bertz CT molecular complexity index is 799. The van der Waals surface area contributed by atoms with Gasteiger partial charge in [-0.05, 0) is 51.0 Å². The fourth-order valence-corrected chi connectivity index (χ4v) is 2.62. The van der Waals surface area contributed by atoms with Crippen molar-refractivity contribution < 1.29 is 14.3 Å². The number of nitrogens with zero attached hydrogens (tertiary/aromatic N) is 1. The number of carbonyl (C=O) groups excluding carboxylic acids is 1. The van der Waals surface area contributed by atoms with Gasteiger partial charge in [0.15, 0.2) is 11.5 Å². The smallest absolute Gasteiger partial charge is 0.251 e. The van der Waals surface area contributed by atoms with Crippen LogP contribution in [0.4, 0.5) is 0 Å². The molecule has 0 atom stereocenters. The third-order valence-electron chi connectivity index (χ3n) is 3.91. The lowest BCUT2D eigenvalue weighted by Crippen LogP contribution is -2.34. The SMILES string of the molecule is CCOc1ccc(CCNC(=O)Cn2c(C)cccc2=O)cc1OCC. The van der Waals surface area contributed by atoms with E-state index in [0.29, 0.717) is 31.9 Å². The van der Waals surface area contributed by atoms with Crippen molar-refractivity contribution in [2.45, 2.75) is 33.7 Å². The number of aromatic nitrogens is 1. The molecule has 0 aliphatic heterocycles. The van der Waals surface area contributed by atoms with Crippen molar-refractivity contribution in [1.82, 2.24) is 9.88 Å². The number of amides is 1. The summed E-state index contributed by atoms with van der Waals surface area (Å²) in [5.74, 6) is 1.25. The Morgan fingerprint density at radius 2 is 1.81 bits per heavy atom. The van der Waals surface area contributed by atoms with Crippen LogP contribution < -0.4 is 20.3 Å². The van der Waals surface area contributed by atoms with Crippen LogP contribution in [0.2, 0.25) is 0 Å². The molecule has 0 saturated heterocycles. The maximum absolute atomic E-state index is 12.1. The molecule has 0 radical (unpaired) electrons. The highest BCUT2D eigenvalue weighted by atomic mass is 16.5. The van der Waals surface area contributed by atoms with Crippen molar-refractivity contribution >= 4 is 5.91 Å². The molecule has 1 aromatic heterocycles. The molecule has 26 heavy (non-hydrogen) atoms. The summed E-state index contributed by atoms with van der Waals surface area (Å²) < 4.78 is 12.6. The molecule has 0 aliphatic rings. The van der Waals surface area contributed by atoms with Gasteiger partial charge in [0.1, 0.15) is 6.54 Å². The number of rotatable bonds is 9. The van der Waals surface area contributed by atoms with E-state index in [4.69, 9.17) is 9.47 Å². The molecule has 0 bridgehead atoms. The van der Waals surface area contributed by atoms with E-state index in [0.717, 1.165) is 17.0 Å². The number of carbonyl (C=O) groups is 1. The molecule has 6 nitrogen and oxygen atoms in total. The zero-order valence-electron chi connectivity index (χ0n) is 15.6. The third-order valence-corrected chi connectivity index (χ3v) is 3.91. The molecule has 1 N–H and O–H groups in total. The van der Waals surface area contributed by atoms with E-state index in [1.54, 1.807) is 6.07 Å². The first-order valence-electron chi connectivity index (χ1n) is 8.86. The maximum atomic E-state index is 12.1. The Morgan fingerprint density at radius 3 is 2.50 bits per heavy atom. The Morgan fingerprint density at radius 1 is 1.08 bits per heavy atom. The highest BCUT2D eigenvalue weighted by Gasteiger charge is 2.08. The van der Waals surface area contributed by atoms with Crippen molar-refractivity contribution in [2.75, 3.05) is 19.8 Å².